The molecule has 2 N–H and O–H groups in total. The summed E-state index contributed by atoms with van der Waals surface area (Å²) in [7, 11) is 3.46. The van der Waals surface area contributed by atoms with E-state index in [1.807, 2.05) is 29.8 Å². The van der Waals surface area contributed by atoms with Gasteiger partial charge in [0.2, 0.25) is 0 Å². The molecule has 20 heavy (non-hydrogen) atoms. The first-order chi connectivity index (χ1) is 9.60. The number of methoxy groups -OCH3 is 1. The Morgan fingerprint density at radius 1 is 1.10 bits per heavy atom. The lowest BCUT2D eigenvalue weighted by molar-refractivity contribution is 0.415. The molecular weight excluding hydrogens is 256 g/mol. The van der Waals surface area contributed by atoms with Crippen LogP contribution >= 0.6 is 0 Å². The van der Waals surface area contributed by atoms with Crippen molar-refractivity contribution in [2.24, 2.45) is 7.05 Å². The van der Waals surface area contributed by atoms with Crippen molar-refractivity contribution in [2.75, 3.05) is 7.11 Å². The number of ether oxygens (including phenoxy) is 1. The second kappa shape index (κ2) is 4.45. The van der Waals surface area contributed by atoms with Crippen LogP contribution in [0.1, 0.15) is 0 Å². The molecule has 0 atom stereocenters. The summed E-state index contributed by atoms with van der Waals surface area (Å²) in [4.78, 5) is 4.50. The fourth-order valence-electron chi connectivity index (χ4n) is 2.25. The molecule has 102 valence electrons. The minimum atomic E-state index is 0.0770. The first-order valence-electron chi connectivity index (χ1n) is 6.13. The average molecular weight is 270 g/mol. The van der Waals surface area contributed by atoms with E-state index < -0.39 is 0 Å². The summed E-state index contributed by atoms with van der Waals surface area (Å²) in [5.41, 5.74) is 2.18. The van der Waals surface area contributed by atoms with E-state index in [1.165, 1.54) is 18.2 Å². The van der Waals surface area contributed by atoms with E-state index in [9.17, 15) is 10.2 Å². The van der Waals surface area contributed by atoms with Gasteiger partial charge in [-0.25, -0.2) is 4.98 Å². The standard InChI is InChI=1S/C15H14N2O3/c1-17-13-5-4-10(20-2)8-12(13)16-15(17)11-7-9(18)3-6-14(11)19/h3-8,18-19H,1-2H3. The molecule has 0 aliphatic carbocycles. The lowest BCUT2D eigenvalue weighted by atomic mass is 10.2. The Kier molecular flexibility index (Phi) is 2.75. The quantitative estimate of drug-likeness (QED) is 0.702. The van der Waals surface area contributed by atoms with Crippen LogP contribution in [-0.2, 0) is 7.05 Å². The van der Waals surface area contributed by atoms with Gasteiger partial charge in [-0.3, -0.25) is 0 Å². The summed E-state index contributed by atoms with van der Waals surface area (Å²) in [6.07, 6.45) is 0. The molecule has 5 heteroatoms. The van der Waals surface area contributed by atoms with Crippen molar-refractivity contribution >= 4 is 11.0 Å². The number of nitrogens with zero attached hydrogens (tertiary/aromatic N) is 2. The second-order valence-corrected chi connectivity index (χ2v) is 4.55. The third-order valence-corrected chi connectivity index (χ3v) is 3.31. The predicted octanol–water partition coefficient (Wildman–Crippen LogP) is 2.66. The monoisotopic (exact) mass is 270 g/mol. The zero-order chi connectivity index (χ0) is 14.3. The van der Waals surface area contributed by atoms with Crippen molar-refractivity contribution in [3.8, 4) is 28.6 Å². The molecule has 0 aliphatic heterocycles. The Balaban J connectivity index is 2.26. The van der Waals surface area contributed by atoms with Gasteiger partial charge in [-0.15, -0.1) is 0 Å². The zero-order valence-electron chi connectivity index (χ0n) is 11.2. The third-order valence-electron chi connectivity index (χ3n) is 3.31. The molecule has 0 bridgehead atoms. The first kappa shape index (κ1) is 12.3. The van der Waals surface area contributed by atoms with E-state index >= 15 is 0 Å². The molecule has 1 heterocycles. The molecule has 3 rings (SSSR count). The molecule has 0 saturated heterocycles. The minimum Gasteiger partial charge on any atom is -0.508 e. The fourth-order valence-corrected chi connectivity index (χ4v) is 2.25. The molecule has 3 aromatic rings. The van der Waals surface area contributed by atoms with E-state index in [-0.39, 0.29) is 11.5 Å². The Labute approximate surface area is 115 Å². The van der Waals surface area contributed by atoms with E-state index in [2.05, 4.69) is 4.98 Å². The molecule has 0 unspecified atom stereocenters. The Bertz CT molecular complexity index is 793. The van der Waals surface area contributed by atoms with Crippen LogP contribution in [0.25, 0.3) is 22.4 Å². The first-order valence-corrected chi connectivity index (χ1v) is 6.13. The molecule has 0 amide bonds. The topological polar surface area (TPSA) is 67.5 Å². The van der Waals surface area contributed by atoms with Gasteiger partial charge >= 0.3 is 0 Å². The number of rotatable bonds is 2. The largest absolute Gasteiger partial charge is 0.508 e. The molecule has 2 aromatic carbocycles. The molecule has 0 saturated carbocycles. The van der Waals surface area contributed by atoms with Crippen molar-refractivity contribution in [2.45, 2.75) is 0 Å². The summed E-state index contributed by atoms with van der Waals surface area (Å²) in [5.74, 6) is 1.47. The number of aromatic nitrogens is 2. The number of phenols is 2. The highest BCUT2D eigenvalue weighted by Crippen LogP contribution is 2.33. The number of phenolic OH excluding ortho intramolecular Hbond substituents is 2. The number of hydrogen-bond acceptors (Lipinski definition) is 4. The van der Waals surface area contributed by atoms with E-state index in [0.29, 0.717) is 11.4 Å². The number of imidazole rings is 1. The van der Waals surface area contributed by atoms with Crippen LogP contribution in [0.5, 0.6) is 17.2 Å². The van der Waals surface area contributed by atoms with Crippen LogP contribution < -0.4 is 4.74 Å². The van der Waals surface area contributed by atoms with Crippen LogP contribution in [0.3, 0.4) is 0 Å². The van der Waals surface area contributed by atoms with Gasteiger partial charge in [0.1, 0.15) is 23.1 Å². The molecule has 0 radical (unpaired) electrons. The maximum absolute atomic E-state index is 9.95. The average Bonchev–Trinajstić information content (AvgIpc) is 2.78. The van der Waals surface area contributed by atoms with E-state index in [0.717, 1.165) is 16.8 Å². The number of aryl methyl sites for hydroxylation is 1. The fraction of sp³-hybridized carbons (Fsp3) is 0.133. The van der Waals surface area contributed by atoms with Gasteiger partial charge in [-0.05, 0) is 30.3 Å². The maximum Gasteiger partial charge on any atom is 0.144 e. The van der Waals surface area contributed by atoms with Crippen LogP contribution in [0.15, 0.2) is 36.4 Å². The summed E-state index contributed by atoms with van der Waals surface area (Å²) in [6, 6.07) is 9.97. The number of fused-ring (bicyclic) bond motifs is 1. The van der Waals surface area contributed by atoms with Gasteiger partial charge in [0, 0.05) is 13.1 Å². The number of aromatic hydroxyl groups is 2. The number of benzene rings is 2. The highest BCUT2D eigenvalue weighted by molar-refractivity contribution is 5.83. The number of hydrogen-bond donors (Lipinski definition) is 2. The van der Waals surface area contributed by atoms with Crippen molar-refractivity contribution in [1.29, 1.82) is 0 Å². The zero-order valence-corrected chi connectivity index (χ0v) is 11.2. The molecule has 0 fully saturated rings. The summed E-state index contributed by atoms with van der Waals surface area (Å²) in [6.45, 7) is 0. The minimum absolute atomic E-state index is 0.0770. The van der Waals surface area contributed by atoms with Gasteiger partial charge in [-0.2, -0.15) is 0 Å². The summed E-state index contributed by atoms with van der Waals surface area (Å²) < 4.78 is 7.05. The van der Waals surface area contributed by atoms with E-state index in [1.54, 1.807) is 7.11 Å². The van der Waals surface area contributed by atoms with Crippen molar-refractivity contribution in [3.63, 3.8) is 0 Å². The van der Waals surface area contributed by atoms with Gasteiger partial charge in [-0.1, -0.05) is 0 Å². The lowest BCUT2D eigenvalue weighted by Crippen LogP contribution is -1.92. The van der Waals surface area contributed by atoms with Gasteiger partial charge in [0.05, 0.1) is 23.7 Å². The SMILES string of the molecule is COc1ccc2c(c1)nc(-c1cc(O)ccc1O)n2C. The van der Waals surface area contributed by atoms with Crippen LogP contribution in [0, 0.1) is 0 Å². The van der Waals surface area contributed by atoms with Crippen LogP contribution in [0.2, 0.25) is 0 Å². The molecule has 5 nitrogen and oxygen atoms in total. The highest BCUT2D eigenvalue weighted by Gasteiger charge is 2.14. The van der Waals surface area contributed by atoms with Crippen molar-refractivity contribution in [3.05, 3.63) is 36.4 Å². The molecular formula is C15H14N2O3. The predicted molar refractivity (Wildman–Crippen MR) is 76.0 cm³/mol. The molecule has 1 aromatic heterocycles. The molecule has 0 aliphatic rings. The smallest absolute Gasteiger partial charge is 0.144 e. The Morgan fingerprint density at radius 2 is 1.90 bits per heavy atom. The lowest BCUT2D eigenvalue weighted by Gasteiger charge is -2.05. The Hall–Kier alpha value is -2.69. The maximum atomic E-state index is 9.95. The molecule has 0 spiro atoms. The van der Waals surface area contributed by atoms with Crippen molar-refractivity contribution in [1.82, 2.24) is 9.55 Å². The van der Waals surface area contributed by atoms with Gasteiger partial charge in [0.25, 0.3) is 0 Å². The highest BCUT2D eigenvalue weighted by atomic mass is 16.5. The van der Waals surface area contributed by atoms with Gasteiger partial charge in [0.15, 0.2) is 0 Å². The third kappa shape index (κ3) is 1.84. The van der Waals surface area contributed by atoms with Gasteiger partial charge < -0.3 is 19.5 Å². The van der Waals surface area contributed by atoms with Crippen molar-refractivity contribution < 1.29 is 14.9 Å². The summed E-state index contributed by atoms with van der Waals surface area (Å²) in [5, 5.41) is 19.5. The normalized spacial score (nSPS) is 10.9. The summed E-state index contributed by atoms with van der Waals surface area (Å²) >= 11 is 0. The second-order valence-electron chi connectivity index (χ2n) is 4.55. The van der Waals surface area contributed by atoms with E-state index in [4.69, 9.17) is 4.74 Å². The Morgan fingerprint density at radius 3 is 2.65 bits per heavy atom. The van der Waals surface area contributed by atoms with Crippen LogP contribution in [0.4, 0.5) is 0 Å². The van der Waals surface area contributed by atoms with Crippen LogP contribution in [-0.4, -0.2) is 26.9 Å².